The van der Waals surface area contributed by atoms with Crippen LogP contribution in [-0.4, -0.2) is 11.9 Å². The largest absolute Gasteiger partial charge is 0.163 e. The molecule has 0 saturated carbocycles. The second kappa shape index (κ2) is 2.76. The van der Waals surface area contributed by atoms with Crippen LogP contribution in [0.4, 0.5) is 0 Å². The van der Waals surface area contributed by atoms with Crippen molar-refractivity contribution in [2.24, 2.45) is 16.1 Å². The van der Waals surface area contributed by atoms with Crippen LogP contribution in [0.25, 0.3) is 0 Å². The summed E-state index contributed by atoms with van der Waals surface area (Å²) >= 11 is 0. The summed E-state index contributed by atoms with van der Waals surface area (Å²) in [5.41, 5.74) is 1.23. The molecule has 0 unspecified atom stereocenters. The Labute approximate surface area is 55.7 Å². The van der Waals surface area contributed by atoms with Gasteiger partial charge in [-0.3, -0.25) is 0 Å². The van der Waals surface area contributed by atoms with Crippen molar-refractivity contribution in [3.05, 3.63) is 0 Å². The predicted molar refractivity (Wildman–Crippen MR) is 40.0 cm³/mol. The van der Waals surface area contributed by atoms with Crippen LogP contribution in [0.1, 0.15) is 26.7 Å². The minimum absolute atomic E-state index is 0.537. The van der Waals surface area contributed by atoms with Crippen molar-refractivity contribution in [3.63, 3.8) is 0 Å². The van der Waals surface area contributed by atoms with Gasteiger partial charge in [0.25, 0.3) is 0 Å². The molecule has 50 valence electrons. The van der Waals surface area contributed by atoms with Gasteiger partial charge in [-0.15, -0.1) is 0 Å². The summed E-state index contributed by atoms with van der Waals surface area (Å²) in [7, 11) is 0. The SMILES string of the molecule is CCC1=NN=C[C@H]1CC. The molecule has 9 heavy (non-hydrogen) atoms. The van der Waals surface area contributed by atoms with E-state index in [1.54, 1.807) is 0 Å². The average molecular weight is 124 g/mol. The van der Waals surface area contributed by atoms with Gasteiger partial charge in [0.2, 0.25) is 0 Å². The lowest BCUT2D eigenvalue weighted by atomic mass is 10.0. The van der Waals surface area contributed by atoms with Crippen molar-refractivity contribution >= 4 is 11.9 Å². The maximum Gasteiger partial charge on any atom is 0.0487 e. The lowest BCUT2D eigenvalue weighted by molar-refractivity contribution is 0.867. The molecule has 1 rings (SSSR count). The highest BCUT2D eigenvalue weighted by Crippen LogP contribution is 2.10. The van der Waals surface area contributed by atoms with Crippen molar-refractivity contribution in [3.8, 4) is 0 Å². The number of hydrogen-bond acceptors (Lipinski definition) is 2. The van der Waals surface area contributed by atoms with Gasteiger partial charge >= 0.3 is 0 Å². The van der Waals surface area contributed by atoms with E-state index in [-0.39, 0.29) is 0 Å². The van der Waals surface area contributed by atoms with Crippen LogP contribution in [0.5, 0.6) is 0 Å². The molecule has 0 spiro atoms. The van der Waals surface area contributed by atoms with Crippen LogP contribution in [0, 0.1) is 5.92 Å². The molecule has 2 nitrogen and oxygen atoms in total. The molecule has 0 aromatic rings. The minimum atomic E-state index is 0.537. The standard InChI is InChI=1S/C7H12N2/c1-3-6-5-8-9-7(6)4-2/h5-6H,3-4H2,1-2H3/t6-/m1/s1. The predicted octanol–water partition coefficient (Wildman–Crippen LogP) is 1.86. The summed E-state index contributed by atoms with van der Waals surface area (Å²) in [4.78, 5) is 0. The molecule has 0 saturated heterocycles. The van der Waals surface area contributed by atoms with Crippen LogP contribution >= 0.6 is 0 Å². The van der Waals surface area contributed by atoms with Crippen LogP contribution in [0.2, 0.25) is 0 Å². The van der Waals surface area contributed by atoms with Gasteiger partial charge in [0.1, 0.15) is 0 Å². The van der Waals surface area contributed by atoms with Gasteiger partial charge in [-0.1, -0.05) is 13.8 Å². The molecule has 0 radical (unpaired) electrons. The maximum absolute atomic E-state index is 3.99. The molecule has 1 aliphatic heterocycles. The summed E-state index contributed by atoms with van der Waals surface area (Å²) in [6, 6.07) is 0. The van der Waals surface area contributed by atoms with Crippen molar-refractivity contribution in [1.29, 1.82) is 0 Å². The number of hydrogen-bond donors (Lipinski definition) is 0. The highest BCUT2D eigenvalue weighted by molar-refractivity contribution is 6.01. The molecule has 0 aliphatic carbocycles. The fourth-order valence-electron chi connectivity index (χ4n) is 1.02. The van der Waals surface area contributed by atoms with Gasteiger partial charge in [-0.2, -0.15) is 10.2 Å². The molecule has 0 amide bonds. The molecule has 1 atom stereocenters. The monoisotopic (exact) mass is 124 g/mol. The van der Waals surface area contributed by atoms with Crippen molar-refractivity contribution in [2.75, 3.05) is 0 Å². The summed E-state index contributed by atoms with van der Waals surface area (Å²) in [6.45, 7) is 4.28. The van der Waals surface area contributed by atoms with E-state index in [2.05, 4.69) is 24.1 Å². The second-order valence-corrected chi connectivity index (χ2v) is 2.22. The molecule has 0 fully saturated rings. The molecule has 1 heterocycles. The van der Waals surface area contributed by atoms with E-state index in [1.807, 2.05) is 6.21 Å². The maximum atomic E-state index is 3.99. The van der Waals surface area contributed by atoms with E-state index < -0.39 is 0 Å². The number of rotatable bonds is 2. The third kappa shape index (κ3) is 1.18. The fourth-order valence-corrected chi connectivity index (χ4v) is 1.02. The van der Waals surface area contributed by atoms with E-state index >= 15 is 0 Å². The van der Waals surface area contributed by atoms with Crippen molar-refractivity contribution in [1.82, 2.24) is 0 Å². The topological polar surface area (TPSA) is 24.7 Å². The van der Waals surface area contributed by atoms with E-state index in [0.29, 0.717) is 5.92 Å². The Hall–Kier alpha value is -0.660. The van der Waals surface area contributed by atoms with Crippen LogP contribution in [0.15, 0.2) is 10.2 Å². The van der Waals surface area contributed by atoms with Gasteiger partial charge in [0.15, 0.2) is 0 Å². The Morgan fingerprint density at radius 1 is 1.56 bits per heavy atom. The molecule has 0 N–H and O–H groups in total. The molecule has 2 heteroatoms. The first-order valence-electron chi connectivity index (χ1n) is 3.48. The normalized spacial score (nSPS) is 24.7. The second-order valence-electron chi connectivity index (χ2n) is 2.22. The van der Waals surface area contributed by atoms with Gasteiger partial charge in [0, 0.05) is 17.8 Å². The number of nitrogens with zero attached hydrogens (tertiary/aromatic N) is 2. The summed E-state index contributed by atoms with van der Waals surface area (Å²) in [5.74, 6) is 0.537. The summed E-state index contributed by atoms with van der Waals surface area (Å²) < 4.78 is 0. The van der Waals surface area contributed by atoms with Crippen molar-refractivity contribution in [2.45, 2.75) is 26.7 Å². The van der Waals surface area contributed by atoms with Gasteiger partial charge < -0.3 is 0 Å². The molecule has 0 bridgehead atoms. The minimum Gasteiger partial charge on any atom is -0.163 e. The zero-order valence-electron chi connectivity index (χ0n) is 5.96. The van der Waals surface area contributed by atoms with E-state index in [9.17, 15) is 0 Å². The molecule has 1 aliphatic rings. The van der Waals surface area contributed by atoms with Crippen LogP contribution < -0.4 is 0 Å². The fraction of sp³-hybridized carbons (Fsp3) is 0.714. The Morgan fingerprint density at radius 2 is 2.33 bits per heavy atom. The van der Waals surface area contributed by atoms with Gasteiger partial charge in [0.05, 0.1) is 0 Å². The first kappa shape index (κ1) is 6.46. The lowest BCUT2D eigenvalue weighted by Crippen LogP contribution is -2.09. The van der Waals surface area contributed by atoms with Crippen molar-refractivity contribution < 1.29 is 0 Å². The Morgan fingerprint density at radius 3 is 2.78 bits per heavy atom. The quantitative estimate of drug-likeness (QED) is 0.537. The average Bonchev–Trinajstić information content (AvgIpc) is 2.33. The van der Waals surface area contributed by atoms with E-state index in [0.717, 1.165) is 12.8 Å². The van der Waals surface area contributed by atoms with Crippen LogP contribution in [-0.2, 0) is 0 Å². The molecular weight excluding hydrogens is 112 g/mol. The highest BCUT2D eigenvalue weighted by Gasteiger charge is 2.13. The smallest absolute Gasteiger partial charge is 0.0487 e. The Bertz CT molecular complexity index is 147. The third-order valence-corrected chi connectivity index (χ3v) is 1.66. The molecule has 0 aromatic heterocycles. The first-order chi connectivity index (χ1) is 4.38. The van der Waals surface area contributed by atoms with Crippen LogP contribution in [0.3, 0.4) is 0 Å². The summed E-state index contributed by atoms with van der Waals surface area (Å²) in [5, 5.41) is 7.84. The Kier molecular flexibility index (Phi) is 1.98. The lowest BCUT2D eigenvalue weighted by Gasteiger charge is -2.02. The van der Waals surface area contributed by atoms with E-state index in [1.165, 1.54) is 5.71 Å². The zero-order valence-corrected chi connectivity index (χ0v) is 5.96. The zero-order chi connectivity index (χ0) is 6.69. The van der Waals surface area contributed by atoms with Gasteiger partial charge in [-0.05, 0) is 12.8 Å². The molecule has 0 aromatic carbocycles. The summed E-state index contributed by atoms with van der Waals surface area (Å²) in [6.07, 6.45) is 4.10. The first-order valence-corrected chi connectivity index (χ1v) is 3.48. The highest BCUT2D eigenvalue weighted by atomic mass is 15.2. The van der Waals surface area contributed by atoms with Gasteiger partial charge in [-0.25, -0.2) is 0 Å². The Balaban J connectivity index is 2.55. The third-order valence-electron chi connectivity index (χ3n) is 1.66. The molecular formula is C7H12N2. The van der Waals surface area contributed by atoms with E-state index in [4.69, 9.17) is 0 Å².